The summed E-state index contributed by atoms with van der Waals surface area (Å²) in [6.07, 6.45) is 2.28. The van der Waals surface area contributed by atoms with Gasteiger partial charge in [-0.3, -0.25) is 0 Å². The molecule has 4 nitrogen and oxygen atoms in total. The van der Waals surface area contributed by atoms with Crippen molar-refractivity contribution in [3.8, 4) is 12.1 Å². The Morgan fingerprint density at radius 2 is 1.89 bits per heavy atom. The Balaban J connectivity index is 2.21. The normalized spacial score (nSPS) is 16.4. The molecule has 1 fully saturated rings. The number of nitrogens with zero attached hydrogens (tertiary/aromatic N) is 3. The van der Waals surface area contributed by atoms with Crippen molar-refractivity contribution < 1.29 is 0 Å². The molecule has 5 heteroatoms. The van der Waals surface area contributed by atoms with E-state index in [9.17, 15) is 5.26 Å². The molecule has 0 unspecified atom stereocenters. The fourth-order valence-electron chi connectivity index (χ4n) is 2.61. The number of nitrogen functional groups attached to an aromatic ring is 1. The van der Waals surface area contributed by atoms with Crippen molar-refractivity contribution in [3.05, 3.63) is 10.4 Å². The van der Waals surface area contributed by atoms with Gasteiger partial charge in [-0.25, -0.2) is 0 Å². The minimum Gasteiger partial charge on any atom is -0.396 e. The molecule has 0 atom stereocenters. The first-order chi connectivity index (χ1) is 9.08. The first-order valence-electron chi connectivity index (χ1n) is 6.55. The minimum absolute atomic E-state index is 0.344. The van der Waals surface area contributed by atoms with Gasteiger partial charge in [0.25, 0.3) is 0 Å². The van der Waals surface area contributed by atoms with Crippen LogP contribution >= 0.6 is 11.3 Å². The Morgan fingerprint density at radius 3 is 2.37 bits per heavy atom. The Hall–Kier alpha value is -1.72. The van der Waals surface area contributed by atoms with E-state index in [0.29, 0.717) is 22.0 Å². The third-order valence-corrected chi connectivity index (χ3v) is 5.08. The van der Waals surface area contributed by atoms with E-state index in [2.05, 4.69) is 30.9 Å². The standard InChI is InChI=1S/C14H18N4S/c1-9(2)10-3-5-18(6-4-10)14-11(7-15)13(17)12(8-16)19-14/h9-10H,3-6,17H2,1-2H3. The van der Waals surface area contributed by atoms with Gasteiger partial charge in [-0.1, -0.05) is 13.8 Å². The van der Waals surface area contributed by atoms with Crippen LogP contribution in [0, 0.1) is 34.5 Å². The maximum Gasteiger partial charge on any atom is 0.131 e. The van der Waals surface area contributed by atoms with Gasteiger partial charge < -0.3 is 10.6 Å². The number of piperidine rings is 1. The van der Waals surface area contributed by atoms with E-state index in [1.807, 2.05) is 0 Å². The van der Waals surface area contributed by atoms with Gasteiger partial charge in [-0.15, -0.1) is 11.3 Å². The van der Waals surface area contributed by atoms with Gasteiger partial charge in [0, 0.05) is 13.1 Å². The van der Waals surface area contributed by atoms with E-state index in [1.54, 1.807) is 0 Å². The van der Waals surface area contributed by atoms with E-state index >= 15 is 0 Å². The molecule has 0 aliphatic carbocycles. The number of hydrogen-bond donors (Lipinski definition) is 1. The zero-order valence-corrected chi connectivity index (χ0v) is 12.1. The molecule has 0 aromatic carbocycles. The summed E-state index contributed by atoms with van der Waals surface area (Å²) >= 11 is 1.34. The monoisotopic (exact) mass is 274 g/mol. The zero-order chi connectivity index (χ0) is 14.0. The van der Waals surface area contributed by atoms with Crippen LogP contribution in [0.3, 0.4) is 0 Å². The van der Waals surface area contributed by atoms with Crippen molar-refractivity contribution >= 4 is 22.0 Å². The topological polar surface area (TPSA) is 76.8 Å². The van der Waals surface area contributed by atoms with Crippen LogP contribution in [-0.2, 0) is 0 Å². The van der Waals surface area contributed by atoms with E-state index in [0.717, 1.165) is 36.9 Å². The molecule has 0 amide bonds. The highest BCUT2D eigenvalue weighted by atomic mass is 32.1. The van der Waals surface area contributed by atoms with E-state index in [1.165, 1.54) is 11.3 Å². The third-order valence-electron chi connectivity index (χ3n) is 3.91. The lowest BCUT2D eigenvalue weighted by Crippen LogP contribution is -2.35. The highest BCUT2D eigenvalue weighted by Gasteiger charge is 2.26. The fourth-order valence-corrected chi connectivity index (χ4v) is 3.63. The minimum atomic E-state index is 0.344. The first kappa shape index (κ1) is 13.7. The Labute approximate surface area is 118 Å². The lowest BCUT2D eigenvalue weighted by atomic mass is 9.87. The average Bonchev–Trinajstić information content (AvgIpc) is 2.75. The SMILES string of the molecule is CC(C)C1CCN(c2sc(C#N)c(N)c2C#N)CC1. The number of hydrogen-bond acceptors (Lipinski definition) is 5. The van der Waals surface area contributed by atoms with E-state index in [4.69, 9.17) is 11.0 Å². The molecule has 2 N–H and O–H groups in total. The van der Waals surface area contributed by atoms with E-state index < -0.39 is 0 Å². The van der Waals surface area contributed by atoms with Crippen LogP contribution < -0.4 is 10.6 Å². The first-order valence-corrected chi connectivity index (χ1v) is 7.37. The molecule has 0 spiro atoms. The quantitative estimate of drug-likeness (QED) is 0.899. The molecule has 0 saturated carbocycles. The van der Waals surface area contributed by atoms with Crippen LogP contribution in [0.25, 0.3) is 0 Å². The van der Waals surface area contributed by atoms with Gasteiger partial charge in [0.2, 0.25) is 0 Å². The second kappa shape index (κ2) is 5.50. The van der Waals surface area contributed by atoms with Crippen molar-refractivity contribution in [1.82, 2.24) is 0 Å². The number of nitrogens with two attached hydrogens (primary N) is 1. The molecular formula is C14H18N4S. The molecule has 2 heterocycles. The summed E-state index contributed by atoms with van der Waals surface area (Å²) in [5.74, 6) is 1.47. The molecule has 1 aromatic rings. The number of rotatable bonds is 2. The van der Waals surface area contributed by atoms with Crippen LogP contribution in [0.15, 0.2) is 0 Å². The summed E-state index contributed by atoms with van der Waals surface area (Å²) in [5, 5.41) is 19.1. The number of nitriles is 2. The van der Waals surface area contributed by atoms with Crippen molar-refractivity contribution in [3.63, 3.8) is 0 Å². The van der Waals surface area contributed by atoms with Gasteiger partial charge in [0.1, 0.15) is 27.6 Å². The summed E-state index contributed by atoms with van der Waals surface area (Å²) in [4.78, 5) is 2.66. The van der Waals surface area contributed by atoms with Crippen LogP contribution in [-0.4, -0.2) is 13.1 Å². The predicted molar refractivity (Wildman–Crippen MR) is 77.9 cm³/mol. The molecule has 1 aromatic heterocycles. The zero-order valence-electron chi connectivity index (χ0n) is 11.3. The van der Waals surface area contributed by atoms with Crippen LogP contribution in [0.1, 0.15) is 37.1 Å². The molecule has 1 aliphatic heterocycles. The van der Waals surface area contributed by atoms with Crippen LogP contribution in [0.4, 0.5) is 10.7 Å². The highest BCUT2D eigenvalue weighted by molar-refractivity contribution is 7.17. The Kier molecular flexibility index (Phi) is 3.97. The van der Waals surface area contributed by atoms with Gasteiger partial charge >= 0.3 is 0 Å². The van der Waals surface area contributed by atoms with Crippen molar-refractivity contribution in [1.29, 1.82) is 10.5 Å². The lowest BCUT2D eigenvalue weighted by molar-refractivity contribution is 0.312. The highest BCUT2D eigenvalue weighted by Crippen LogP contribution is 2.39. The molecule has 0 radical (unpaired) electrons. The van der Waals surface area contributed by atoms with Crippen LogP contribution in [0.5, 0.6) is 0 Å². The fraction of sp³-hybridized carbons (Fsp3) is 0.571. The smallest absolute Gasteiger partial charge is 0.131 e. The summed E-state index contributed by atoms with van der Waals surface area (Å²) in [5.41, 5.74) is 6.67. The van der Waals surface area contributed by atoms with Gasteiger partial charge in [-0.05, 0) is 24.7 Å². The number of thiophene rings is 1. The predicted octanol–water partition coefficient (Wildman–Crippen LogP) is 2.95. The summed E-state index contributed by atoms with van der Waals surface area (Å²) < 4.78 is 0. The van der Waals surface area contributed by atoms with Crippen molar-refractivity contribution in [2.24, 2.45) is 11.8 Å². The maximum atomic E-state index is 9.22. The second-order valence-corrected chi connectivity index (χ2v) is 6.32. The lowest BCUT2D eigenvalue weighted by Gasteiger charge is -2.34. The Bertz CT molecular complexity index is 539. The van der Waals surface area contributed by atoms with E-state index in [-0.39, 0.29) is 0 Å². The van der Waals surface area contributed by atoms with Crippen molar-refractivity contribution in [2.75, 3.05) is 23.7 Å². The Morgan fingerprint density at radius 1 is 1.26 bits per heavy atom. The molecule has 19 heavy (non-hydrogen) atoms. The van der Waals surface area contributed by atoms with Gasteiger partial charge in [0.15, 0.2) is 0 Å². The summed E-state index contributed by atoms with van der Waals surface area (Å²) in [6.45, 7) is 6.42. The average molecular weight is 274 g/mol. The summed E-state index contributed by atoms with van der Waals surface area (Å²) in [7, 11) is 0. The van der Waals surface area contributed by atoms with Crippen LogP contribution in [0.2, 0.25) is 0 Å². The van der Waals surface area contributed by atoms with Gasteiger partial charge in [-0.2, -0.15) is 10.5 Å². The largest absolute Gasteiger partial charge is 0.396 e. The molecule has 100 valence electrons. The van der Waals surface area contributed by atoms with Gasteiger partial charge in [0.05, 0.1) is 5.69 Å². The third kappa shape index (κ3) is 2.52. The molecular weight excluding hydrogens is 256 g/mol. The molecule has 0 bridgehead atoms. The summed E-state index contributed by atoms with van der Waals surface area (Å²) in [6, 6.07) is 4.21. The maximum absolute atomic E-state index is 9.22. The molecule has 1 saturated heterocycles. The van der Waals surface area contributed by atoms with Crippen molar-refractivity contribution in [2.45, 2.75) is 26.7 Å². The second-order valence-electron chi connectivity index (χ2n) is 5.32. The molecule has 2 rings (SSSR count). The number of anilines is 2. The molecule has 1 aliphatic rings.